The quantitative estimate of drug-likeness (QED) is 0.795. The normalized spacial score (nSPS) is 16.9. The Labute approximate surface area is 115 Å². The van der Waals surface area contributed by atoms with Gasteiger partial charge in [-0.15, -0.1) is 0 Å². The van der Waals surface area contributed by atoms with Crippen molar-refractivity contribution in [2.24, 2.45) is 0 Å². The van der Waals surface area contributed by atoms with Crippen LogP contribution in [0.3, 0.4) is 0 Å². The van der Waals surface area contributed by atoms with Gasteiger partial charge < -0.3 is 10.2 Å². The van der Waals surface area contributed by atoms with Crippen molar-refractivity contribution in [3.05, 3.63) is 34.9 Å². The van der Waals surface area contributed by atoms with Gasteiger partial charge in [0, 0.05) is 11.6 Å². The van der Waals surface area contributed by atoms with Crippen LogP contribution in [0.4, 0.5) is 0 Å². The van der Waals surface area contributed by atoms with Crippen molar-refractivity contribution in [3.8, 4) is 0 Å². The molecule has 1 aromatic carbocycles. The maximum Gasteiger partial charge on any atom is 0.0409 e. The molecule has 1 aromatic rings. The van der Waals surface area contributed by atoms with Crippen LogP contribution in [0.15, 0.2) is 24.3 Å². The Hall–Kier alpha value is -0.570. The van der Waals surface area contributed by atoms with Crippen LogP contribution in [-0.4, -0.2) is 31.1 Å². The Balaban J connectivity index is 1.55. The number of rotatable bonds is 6. The number of nitrogens with one attached hydrogen (secondary N) is 1. The molecule has 1 heterocycles. The number of hydrogen-bond acceptors (Lipinski definition) is 2. The maximum atomic E-state index is 5.95. The second kappa shape index (κ2) is 7.78. The third-order valence-corrected chi connectivity index (χ3v) is 3.73. The van der Waals surface area contributed by atoms with Gasteiger partial charge in [-0.3, -0.25) is 0 Å². The molecule has 0 atom stereocenters. The topological polar surface area (TPSA) is 15.3 Å². The second-order valence-corrected chi connectivity index (χ2v) is 5.50. The number of piperidine rings is 1. The van der Waals surface area contributed by atoms with Crippen LogP contribution in [0.1, 0.15) is 31.2 Å². The van der Waals surface area contributed by atoms with E-state index >= 15 is 0 Å². The zero-order chi connectivity index (χ0) is 12.6. The summed E-state index contributed by atoms with van der Waals surface area (Å²) in [5, 5.41) is 4.31. The molecule has 0 aromatic heterocycles. The average molecular weight is 267 g/mol. The van der Waals surface area contributed by atoms with E-state index in [1.165, 1.54) is 50.9 Å². The fourth-order valence-corrected chi connectivity index (χ4v) is 2.70. The predicted octanol–water partition coefficient (Wildman–Crippen LogP) is 3.31. The summed E-state index contributed by atoms with van der Waals surface area (Å²) < 4.78 is 0. The number of nitrogens with zero attached hydrogens (tertiary/aromatic N) is 1. The third kappa shape index (κ3) is 4.97. The van der Waals surface area contributed by atoms with Gasteiger partial charge in [0.25, 0.3) is 0 Å². The van der Waals surface area contributed by atoms with Crippen LogP contribution in [0.2, 0.25) is 5.02 Å². The van der Waals surface area contributed by atoms with Crippen molar-refractivity contribution >= 4 is 11.6 Å². The van der Waals surface area contributed by atoms with Gasteiger partial charge in [0.15, 0.2) is 0 Å². The van der Waals surface area contributed by atoms with Crippen molar-refractivity contribution in [3.63, 3.8) is 0 Å². The van der Waals surface area contributed by atoms with E-state index in [1.54, 1.807) is 0 Å². The minimum absolute atomic E-state index is 0.822. The van der Waals surface area contributed by atoms with Gasteiger partial charge >= 0.3 is 0 Å². The van der Waals surface area contributed by atoms with Gasteiger partial charge in [0.2, 0.25) is 0 Å². The molecule has 0 saturated carbocycles. The molecule has 0 amide bonds. The Morgan fingerprint density at radius 3 is 2.78 bits per heavy atom. The average Bonchev–Trinajstić information content (AvgIpc) is 2.40. The van der Waals surface area contributed by atoms with Crippen molar-refractivity contribution in [2.45, 2.75) is 32.2 Å². The molecule has 0 bridgehead atoms. The Morgan fingerprint density at radius 2 is 2.00 bits per heavy atom. The maximum absolute atomic E-state index is 5.95. The molecule has 1 fully saturated rings. The Bertz CT molecular complexity index is 348. The van der Waals surface area contributed by atoms with Crippen molar-refractivity contribution < 1.29 is 0 Å². The SMILES string of the molecule is Clc1cccc(CNCCCN2CCCCC2)c1. The molecule has 0 unspecified atom stereocenters. The van der Waals surface area contributed by atoms with Crippen LogP contribution in [0.25, 0.3) is 0 Å². The van der Waals surface area contributed by atoms with E-state index in [1.807, 2.05) is 18.2 Å². The minimum atomic E-state index is 0.822. The molecular formula is C15H23ClN2. The van der Waals surface area contributed by atoms with E-state index < -0.39 is 0 Å². The number of likely N-dealkylation sites (tertiary alicyclic amines) is 1. The smallest absolute Gasteiger partial charge is 0.0409 e. The van der Waals surface area contributed by atoms with E-state index in [0.29, 0.717) is 0 Å². The largest absolute Gasteiger partial charge is 0.313 e. The predicted molar refractivity (Wildman–Crippen MR) is 78.1 cm³/mol. The molecule has 0 radical (unpaired) electrons. The van der Waals surface area contributed by atoms with Crippen molar-refractivity contribution in [2.75, 3.05) is 26.2 Å². The third-order valence-electron chi connectivity index (χ3n) is 3.49. The van der Waals surface area contributed by atoms with Gasteiger partial charge in [0.05, 0.1) is 0 Å². The van der Waals surface area contributed by atoms with Gasteiger partial charge in [-0.25, -0.2) is 0 Å². The van der Waals surface area contributed by atoms with Crippen LogP contribution < -0.4 is 5.32 Å². The molecule has 2 rings (SSSR count). The first-order valence-electron chi connectivity index (χ1n) is 7.02. The number of hydrogen-bond donors (Lipinski definition) is 1. The summed E-state index contributed by atoms with van der Waals surface area (Å²) in [5.41, 5.74) is 1.26. The number of benzene rings is 1. The molecule has 1 aliphatic heterocycles. The fraction of sp³-hybridized carbons (Fsp3) is 0.600. The van der Waals surface area contributed by atoms with E-state index in [4.69, 9.17) is 11.6 Å². The summed E-state index contributed by atoms with van der Waals surface area (Å²) in [6, 6.07) is 8.07. The molecule has 3 heteroatoms. The second-order valence-electron chi connectivity index (χ2n) is 5.06. The van der Waals surface area contributed by atoms with Crippen LogP contribution in [0, 0.1) is 0 Å². The highest BCUT2D eigenvalue weighted by molar-refractivity contribution is 6.30. The molecule has 18 heavy (non-hydrogen) atoms. The molecular weight excluding hydrogens is 244 g/mol. The zero-order valence-electron chi connectivity index (χ0n) is 11.0. The van der Waals surface area contributed by atoms with Crippen LogP contribution in [0.5, 0.6) is 0 Å². The van der Waals surface area contributed by atoms with Crippen LogP contribution in [-0.2, 0) is 6.54 Å². The van der Waals surface area contributed by atoms with Crippen molar-refractivity contribution in [1.82, 2.24) is 10.2 Å². The molecule has 1 N–H and O–H groups in total. The highest BCUT2D eigenvalue weighted by atomic mass is 35.5. The van der Waals surface area contributed by atoms with E-state index in [9.17, 15) is 0 Å². The van der Waals surface area contributed by atoms with Gasteiger partial charge in [-0.1, -0.05) is 30.2 Å². The lowest BCUT2D eigenvalue weighted by Gasteiger charge is -2.26. The number of halogens is 1. The minimum Gasteiger partial charge on any atom is -0.313 e. The highest BCUT2D eigenvalue weighted by Crippen LogP contribution is 2.10. The summed E-state index contributed by atoms with van der Waals surface area (Å²) in [4.78, 5) is 2.59. The van der Waals surface area contributed by atoms with E-state index in [2.05, 4.69) is 16.3 Å². The first kappa shape index (κ1) is 13.9. The monoisotopic (exact) mass is 266 g/mol. The van der Waals surface area contributed by atoms with Gasteiger partial charge in [-0.2, -0.15) is 0 Å². The molecule has 0 aliphatic carbocycles. The zero-order valence-corrected chi connectivity index (χ0v) is 11.8. The lowest BCUT2D eigenvalue weighted by atomic mass is 10.1. The van der Waals surface area contributed by atoms with Gasteiger partial charge in [-0.05, 0) is 63.1 Å². The summed E-state index contributed by atoms with van der Waals surface area (Å²) >= 11 is 5.95. The van der Waals surface area contributed by atoms with Crippen LogP contribution >= 0.6 is 11.6 Å². The summed E-state index contributed by atoms with van der Waals surface area (Å²) in [5.74, 6) is 0. The fourth-order valence-electron chi connectivity index (χ4n) is 2.49. The highest BCUT2D eigenvalue weighted by Gasteiger charge is 2.08. The lowest BCUT2D eigenvalue weighted by Crippen LogP contribution is -2.32. The summed E-state index contributed by atoms with van der Waals surface area (Å²) in [6.45, 7) is 5.84. The molecule has 100 valence electrons. The first-order valence-corrected chi connectivity index (χ1v) is 7.40. The Morgan fingerprint density at radius 1 is 1.17 bits per heavy atom. The Kier molecular flexibility index (Phi) is 5.98. The standard InChI is InChI=1S/C15H23ClN2/c16-15-7-4-6-14(12-15)13-17-8-5-11-18-9-2-1-3-10-18/h4,6-7,12,17H,1-3,5,8-11,13H2. The summed E-state index contributed by atoms with van der Waals surface area (Å²) in [6.07, 6.45) is 5.43. The van der Waals surface area contributed by atoms with Crippen molar-refractivity contribution in [1.29, 1.82) is 0 Å². The molecule has 1 aliphatic rings. The molecule has 2 nitrogen and oxygen atoms in total. The van der Waals surface area contributed by atoms with Gasteiger partial charge in [0.1, 0.15) is 0 Å². The van der Waals surface area contributed by atoms with E-state index in [0.717, 1.165) is 18.1 Å². The molecule has 0 spiro atoms. The molecule has 1 saturated heterocycles. The van der Waals surface area contributed by atoms with E-state index in [-0.39, 0.29) is 0 Å². The first-order chi connectivity index (χ1) is 8.84. The summed E-state index contributed by atoms with van der Waals surface area (Å²) in [7, 11) is 0. The lowest BCUT2D eigenvalue weighted by molar-refractivity contribution is 0.225.